The predicted octanol–water partition coefficient (Wildman–Crippen LogP) is 5.75. The van der Waals surface area contributed by atoms with Crippen LogP contribution in [0.1, 0.15) is 12.5 Å². The van der Waals surface area contributed by atoms with Crippen LogP contribution in [-0.4, -0.2) is 28.9 Å². The highest BCUT2D eigenvalue weighted by molar-refractivity contribution is 8.19. The van der Waals surface area contributed by atoms with Gasteiger partial charge in [-0.15, -0.1) is 0 Å². The molecule has 6 nitrogen and oxygen atoms in total. The minimum absolute atomic E-state index is 0.0359. The summed E-state index contributed by atoms with van der Waals surface area (Å²) < 4.78 is 0. The molecule has 2 N–H and O–H groups in total. The lowest BCUT2D eigenvalue weighted by atomic mass is 10.2. The van der Waals surface area contributed by atoms with Crippen molar-refractivity contribution in [3.05, 3.63) is 100 Å². The molecule has 3 aromatic rings. The summed E-state index contributed by atoms with van der Waals surface area (Å²) in [6.45, 7) is 1.93. The number of benzene rings is 3. The van der Waals surface area contributed by atoms with E-state index in [1.54, 1.807) is 16.7 Å². The van der Waals surface area contributed by atoms with Gasteiger partial charge in [0.1, 0.15) is 4.91 Å². The number of nitrogens with zero attached hydrogens (tertiary/aromatic N) is 2. The van der Waals surface area contributed by atoms with Crippen LogP contribution in [0.25, 0.3) is 0 Å². The van der Waals surface area contributed by atoms with Crippen LogP contribution in [0.15, 0.2) is 99.8 Å². The molecule has 0 radical (unpaired) electrons. The van der Waals surface area contributed by atoms with Crippen LogP contribution in [0.3, 0.4) is 0 Å². The molecule has 172 valence electrons. The van der Waals surface area contributed by atoms with Crippen LogP contribution in [0.5, 0.6) is 0 Å². The molecule has 2 aliphatic heterocycles. The zero-order valence-corrected chi connectivity index (χ0v) is 20.5. The van der Waals surface area contributed by atoms with Crippen LogP contribution >= 0.6 is 23.5 Å². The quantitative estimate of drug-likeness (QED) is 0.459. The molecule has 0 aromatic heterocycles. The van der Waals surface area contributed by atoms with Gasteiger partial charge in [0.15, 0.2) is 5.17 Å². The SMILES string of the molecule is CC(=O)Nc1ccccc1.CN1/C(=C2/SC(=N)N(Cc3ccccc3)C2=O)Sc2ccccc21. The molecule has 5 rings (SSSR count). The third-order valence-electron chi connectivity index (χ3n) is 5.09. The molecule has 2 amide bonds. The Morgan fingerprint density at radius 3 is 2.18 bits per heavy atom. The zero-order valence-electron chi connectivity index (χ0n) is 18.8. The molecular weight excluding hydrogens is 464 g/mol. The van der Waals surface area contributed by atoms with Crippen LogP contribution in [-0.2, 0) is 16.1 Å². The first-order chi connectivity index (χ1) is 16.4. The summed E-state index contributed by atoms with van der Waals surface area (Å²) in [7, 11) is 1.97. The molecule has 8 heteroatoms. The average Bonchev–Trinajstić information content (AvgIpc) is 3.31. The number of carbonyl (C=O) groups excluding carboxylic acids is 2. The van der Waals surface area contributed by atoms with Crippen molar-refractivity contribution in [3.8, 4) is 0 Å². The number of thioether (sulfide) groups is 2. The molecule has 2 heterocycles. The van der Waals surface area contributed by atoms with Gasteiger partial charge in [0, 0.05) is 24.6 Å². The molecule has 0 aliphatic carbocycles. The Kier molecular flexibility index (Phi) is 7.40. The molecule has 0 bridgehead atoms. The summed E-state index contributed by atoms with van der Waals surface area (Å²) in [5.74, 6) is -0.123. The van der Waals surface area contributed by atoms with E-state index < -0.39 is 0 Å². The maximum absolute atomic E-state index is 12.9. The highest BCUT2D eigenvalue weighted by Crippen LogP contribution is 2.49. The van der Waals surface area contributed by atoms with E-state index in [1.165, 1.54) is 18.7 Å². The maximum atomic E-state index is 12.9. The predicted molar refractivity (Wildman–Crippen MR) is 141 cm³/mol. The number of rotatable bonds is 3. The largest absolute Gasteiger partial charge is 0.337 e. The third-order valence-corrected chi connectivity index (χ3v) is 7.44. The summed E-state index contributed by atoms with van der Waals surface area (Å²) in [6.07, 6.45) is 0. The molecule has 3 aromatic carbocycles. The second kappa shape index (κ2) is 10.6. The van der Waals surface area contributed by atoms with E-state index in [4.69, 9.17) is 5.41 Å². The van der Waals surface area contributed by atoms with Gasteiger partial charge in [-0.3, -0.25) is 19.9 Å². The van der Waals surface area contributed by atoms with Crippen LogP contribution in [0.2, 0.25) is 0 Å². The van der Waals surface area contributed by atoms with Crippen molar-refractivity contribution in [1.29, 1.82) is 5.41 Å². The third kappa shape index (κ3) is 5.35. The lowest BCUT2D eigenvalue weighted by Crippen LogP contribution is -2.28. The lowest BCUT2D eigenvalue weighted by Gasteiger charge is -2.16. The molecule has 34 heavy (non-hydrogen) atoms. The summed E-state index contributed by atoms with van der Waals surface area (Å²) in [5, 5.41) is 12.1. The average molecular weight is 489 g/mol. The van der Waals surface area contributed by atoms with Crippen molar-refractivity contribution in [3.63, 3.8) is 0 Å². The Morgan fingerprint density at radius 2 is 1.53 bits per heavy atom. The topological polar surface area (TPSA) is 76.5 Å². The first-order valence-corrected chi connectivity index (χ1v) is 12.3. The number of amidine groups is 1. The van der Waals surface area contributed by atoms with Crippen molar-refractivity contribution in [2.75, 3.05) is 17.3 Å². The number of fused-ring (bicyclic) bond motifs is 1. The van der Waals surface area contributed by atoms with Gasteiger partial charge in [0.25, 0.3) is 5.91 Å². The minimum Gasteiger partial charge on any atom is -0.337 e. The summed E-state index contributed by atoms with van der Waals surface area (Å²) >= 11 is 2.85. The van der Waals surface area contributed by atoms with Gasteiger partial charge in [0.05, 0.1) is 17.3 Å². The van der Waals surface area contributed by atoms with Crippen molar-refractivity contribution < 1.29 is 9.59 Å². The summed E-state index contributed by atoms with van der Waals surface area (Å²) in [5.41, 5.74) is 2.97. The van der Waals surface area contributed by atoms with Gasteiger partial charge >= 0.3 is 0 Å². The van der Waals surface area contributed by atoms with Crippen LogP contribution in [0.4, 0.5) is 11.4 Å². The van der Waals surface area contributed by atoms with Crippen molar-refractivity contribution in [1.82, 2.24) is 4.90 Å². The number of amides is 2. The van der Waals surface area contributed by atoms with Gasteiger partial charge in [-0.1, -0.05) is 72.4 Å². The number of para-hydroxylation sites is 2. The highest BCUT2D eigenvalue weighted by Gasteiger charge is 2.38. The molecular formula is C26H24N4O2S2. The monoisotopic (exact) mass is 488 g/mol. The van der Waals surface area contributed by atoms with Gasteiger partial charge in [-0.2, -0.15) is 0 Å². The Hall–Kier alpha value is -3.49. The molecule has 0 spiro atoms. The second-order valence-corrected chi connectivity index (χ2v) is 9.62. The molecule has 1 saturated heterocycles. The van der Waals surface area contributed by atoms with Crippen LogP contribution < -0.4 is 10.2 Å². The minimum atomic E-state index is -0.0870. The number of nitrogens with one attached hydrogen (secondary N) is 2. The van der Waals surface area contributed by atoms with E-state index in [9.17, 15) is 9.59 Å². The van der Waals surface area contributed by atoms with E-state index in [1.807, 2.05) is 90.8 Å². The number of carbonyl (C=O) groups is 2. The number of anilines is 2. The van der Waals surface area contributed by atoms with Crippen molar-refractivity contribution >= 4 is 51.9 Å². The molecule has 1 fully saturated rings. The lowest BCUT2D eigenvalue weighted by molar-refractivity contribution is -0.122. The summed E-state index contributed by atoms with van der Waals surface area (Å²) in [6, 6.07) is 27.3. The summed E-state index contributed by atoms with van der Waals surface area (Å²) in [4.78, 5) is 28.7. The van der Waals surface area contributed by atoms with E-state index in [2.05, 4.69) is 11.4 Å². The highest BCUT2D eigenvalue weighted by atomic mass is 32.2. The molecule has 0 atom stereocenters. The standard InChI is InChI=1S/C18H15N3OS2.C8H9NO/c1-20-13-9-5-6-10-14(13)23-17(20)15-16(22)21(18(19)24-15)11-12-7-3-2-4-8-12;1-7(10)9-8-5-3-2-4-6-8/h2-10,19H,11H2,1H3;2-6H,1H3,(H,9,10)/b17-15-,19-18?;. The van der Waals surface area contributed by atoms with E-state index in [-0.39, 0.29) is 17.0 Å². The molecule has 0 unspecified atom stereocenters. The van der Waals surface area contributed by atoms with Crippen molar-refractivity contribution in [2.24, 2.45) is 0 Å². The Morgan fingerprint density at radius 1 is 0.912 bits per heavy atom. The van der Waals surface area contributed by atoms with E-state index in [0.29, 0.717) is 11.4 Å². The smallest absolute Gasteiger partial charge is 0.269 e. The van der Waals surface area contributed by atoms with E-state index in [0.717, 1.165) is 26.9 Å². The second-order valence-electron chi connectivity index (χ2n) is 7.59. The number of hydrogen-bond acceptors (Lipinski definition) is 6. The fourth-order valence-corrected chi connectivity index (χ4v) is 5.68. The van der Waals surface area contributed by atoms with Crippen molar-refractivity contribution in [2.45, 2.75) is 18.4 Å². The van der Waals surface area contributed by atoms with Crippen LogP contribution in [0, 0.1) is 5.41 Å². The van der Waals surface area contributed by atoms with Gasteiger partial charge in [-0.25, -0.2) is 0 Å². The fraction of sp³-hybridized carbons (Fsp3) is 0.115. The zero-order chi connectivity index (χ0) is 24.1. The van der Waals surface area contributed by atoms with E-state index >= 15 is 0 Å². The Labute approximate surface area is 207 Å². The Balaban J connectivity index is 0.000000231. The fourth-order valence-electron chi connectivity index (χ4n) is 3.48. The Bertz CT molecular complexity index is 1250. The molecule has 2 aliphatic rings. The normalized spacial score (nSPS) is 16.8. The van der Waals surface area contributed by atoms with Gasteiger partial charge in [-0.05, 0) is 41.6 Å². The first kappa shape index (κ1) is 23.7. The molecule has 0 saturated carbocycles. The first-order valence-electron chi connectivity index (χ1n) is 10.6. The maximum Gasteiger partial charge on any atom is 0.269 e. The van der Waals surface area contributed by atoms with Gasteiger partial charge < -0.3 is 10.2 Å². The number of hydrogen-bond donors (Lipinski definition) is 2. The van der Waals surface area contributed by atoms with Gasteiger partial charge in [0.2, 0.25) is 5.91 Å².